The largest absolute Gasteiger partial charge is 0.394 e. The van der Waals surface area contributed by atoms with Gasteiger partial charge in [-0.25, -0.2) is 0 Å². The molecule has 5 heteroatoms. The summed E-state index contributed by atoms with van der Waals surface area (Å²) in [6.45, 7) is 7.71. The Bertz CT molecular complexity index is 233. The minimum absolute atomic E-state index is 0.00895. The van der Waals surface area contributed by atoms with E-state index in [4.69, 9.17) is 9.84 Å². The van der Waals surface area contributed by atoms with E-state index in [1.807, 2.05) is 25.7 Å². The summed E-state index contributed by atoms with van der Waals surface area (Å²) in [6, 6.07) is -0.00928. The van der Waals surface area contributed by atoms with E-state index >= 15 is 0 Å². The van der Waals surface area contributed by atoms with E-state index in [0.29, 0.717) is 13.2 Å². The van der Waals surface area contributed by atoms with Crippen LogP contribution in [0.1, 0.15) is 20.8 Å². The first-order valence-corrected chi connectivity index (χ1v) is 5.81. The van der Waals surface area contributed by atoms with Crippen molar-refractivity contribution in [3.63, 3.8) is 0 Å². The van der Waals surface area contributed by atoms with Crippen molar-refractivity contribution in [2.75, 3.05) is 26.3 Å². The van der Waals surface area contributed by atoms with Crippen LogP contribution in [0.3, 0.4) is 0 Å². The lowest BCUT2D eigenvalue weighted by atomic mass is 10.2. The molecule has 0 aromatic heterocycles. The Morgan fingerprint density at radius 3 is 2.81 bits per heavy atom. The molecular weight excluding hydrogens is 208 g/mol. The van der Waals surface area contributed by atoms with Crippen molar-refractivity contribution in [3.8, 4) is 0 Å². The fourth-order valence-corrected chi connectivity index (χ4v) is 1.78. The average molecular weight is 230 g/mol. The van der Waals surface area contributed by atoms with Crippen molar-refractivity contribution >= 4 is 5.91 Å². The van der Waals surface area contributed by atoms with Gasteiger partial charge in [0.1, 0.15) is 0 Å². The Kier molecular flexibility index (Phi) is 5.18. The van der Waals surface area contributed by atoms with Crippen LogP contribution in [0.2, 0.25) is 0 Å². The zero-order chi connectivity index (χ0) is 12.1. The van der Waals surface area contributed by atoms with E-state index in [2.05, 4.69) is 5.32 Å². The number of amides is 1. The molecule has 2 atom stereocenters. The number of rotatable bonds is 4. The Morgan fingerprint density at radius 1 is 1.56 bits per heavy atom. The predicted octanol–water partition coefficient (Wildman–Crippen LogP) is -0.407. The van der Waals surface area contributed by atoms with Gasteiger partial charge in [0.25, 0.3) is 0 Å². The quantitative estimate of drug-likeness (QED) is 0.689. The minimum Gasteiger partial charge on any atom is -0.394 e. The number of morpholine rings is 1. The number of hydrogen-bond donors (Lipinski definition) is 2. The van der Waals surface area contributed by atoms with Gasteiger partial charge in [0, 0.05) is 19.1 Å². The Balaban J connectivity index is 2.46. The van der Waals surface area contributed by atoms with Crippen LogP contribution in [-0.2, 0) is 9.53 Å². The first-order valence-electron chi connectivity index (χ1n) is 5.81. The molecule has 1 amide bonds. The van der Waals surface area contributed by atoms with Crippen LogP contribution in [-0.4, -0.2) is 60.4 Å². The van der Waals surface area contributed by atoms with Crippen LogP contribution in [0.15, 0.2) is 0 Å². The van der Waals surface area contributed by atoms with E-state index in [9.17, 15) is 4.79 Å². The number of aliphatic hydroxyl groups excluding tert-OH is 1. The molecular formula is C11H22N2O3. The van der Waals surface area contributed by atoms with Gasteiger partial charge in [-0.05, 0) is 20.8 Å². The lowest BCUT2D eigenvalue weighted by Crippen LogP contribution is -2.53. The van der Waals surface area contributed by atoms with Crippen LogP contribution >= 0.6 is 0 Å². The number of aliphatic hydroxyl groups is 1. The van der Waals surface area contributed by atoms with Gasteiger partial charge in [-0.2, -0.15) is 0 Å². The molecule has 16 heavy (non-hydrogen) atoms. The first kappa shape index (κ1) is 13.4. The fraction of sp³-hybridized carbons (Fsp3) is 0.909. The van der Waals surface area contributed by atoms with Crippen molar-refractivity contribution in [2.45, 2.75) is 39.0 Å². The highest BCUT2D eigenvalue weighted by atomic mass is 16.5. The number of hydrogen-bond acceptors (Lipinski definition) is 4. The van der Waals surface area contributed by atoms with E-state index in [1.54, 1.807) is 0 Å². The maximum atomic E-state index is 11.8. The van der Waals surface area contributed by atoms with Crippen molar-refractivity contribution in [3.05, 3.63) is 0 Å². The third kappa shape index (κ3) is 3.73. The predicted molar refractivity (Wildman–Crippen MR) is 61.1 cm³/mol. The normalized spacial score (nSPS) is 24.4. The molecule has 0 bridgehead atoms. The van der Waals surface area contributed by atoms with Gasteiger partial charge in [-0.3, -0.25) is 9.69 Å². The molecule has 5 nitrogen and oxygen atoms in total. The van der Waals surface area contributed by atoms with Crippen molar-refractivity contribution < 1.29 is 14.6 Å². The van der Waals surface area contributed by atoms with Crippen LogP contribution in [0, 0.1) is 0 Å². The molecule has 94 valence electrons. The molecule has 0 aliphatic carbocycles. The molecule has 0 saturated carbocycles. The second kappa shape index (κ2) is 6.18. The van der Waals surface area contributed by atoms with Crippen molar-refractivity contribution in [1.82, 2.24) is 10.2 Å². The third-order valence-electron chi connectivity index (χ3n) is 2.73. The monoisotopic (exact) mass is 230 g/mol. The summed E-state index contributed by atoms with van der Waals surface area (Å²) in [5, 5.41) is 11.9. The summed E-state index contributed by atoms with van der Waals surface area (Å²) in [6.07, 6.45) is -0.164. The zero-order valence-corrected chi connectivity index (χ0v) is 10.3. The summed E-state index contributed by atoms with van der Waals surface area (Å²) in [5.74, 6) is 0.0357. The smallest absolute Gasteiger partial charge is 0.237 e. The third-order valence-corrected chi connectivity index (χ3v) is 2.73. The molecule has 1 fully saturated rings. The van der Waals surface area contributed by atoms with E-state index in [0.717, 1.165) is 6.54 Å². The summed E-state index contributed by atoms with van der Waals surface area (Å²) in [5.41, 5.74) is 0. The van der Waals surface area contributed by atoms with Gasteiger partial charge in [0.15, 0.2) is 0 Å². The van der Waals surface area contributed by atoms with E-state index < -0.39 is 0 Å². The van der Waals surface area contributed by atoms with Gasteiger partial charge in [-0.15, -0.1) is 0 Å². The molecule has 2 N–H and O–H groups in total. The van der Waals surface area contributed by atoms with Gasteiger partial charge >= 0.3 is 0 Å². The van der Waals surface area contributed by atoms with Crippen molar-refractivity contribution in [1.29, 1.82) is 0 Å². The van der Waals surface area contributed by atoms with Gasteiger partial charge < -0.3 is 15.2 Å². The van der Waals surface area contributed by atoms with E-state index in [1.165, 1.54) is 0 Å². The second-order valence-electron chi connectivity index (χ2n) is 4.51. The van der Waals surface area contributed by atoms with Crippen molar-refractivity contribution in [2.24, 2.45) is 0 Å². The van der Waals surface area contributed by atoms with Crippen LogP contribution in [0.5, 0.6) is 0 Å². The molecule has 1 saturated heterocycles. The first-order chi connectivity index (χ1) is 7.54. The average Bonchev–Trinajstić information content (AvgIpc) is 2.27. The number of ether oxygens (including phenoxy) is 1. The fourth-order valence-electron chi connectivity index (χ4n) is 1.78. The standard InChI is InChI=1S/C11H22N2O3/c1-8(2)12-11(15)9(3)13-4-5-16-10(6-13)7-14/h8-10,14H,4-7H2,1-3H3,(H,12,15). The highest BCUT2D eigenvalue weighted by Gasteiger charge is 2.27. The Morgan fingerprint density at radius 2 is 2.25 bits per heavy atom. The maximum absolute atomic E-state index is 11.8. The van der Waals surface area contributed by atoms with Gasteiger partial charge in [0.05, 0.1) is 25.4 Å². The topological polar surface area (TPSA) is 61.8 Å². The van der Waals surface area contributed by atoms with Crippen LogP contribution < -0.4 is 5.32 Å². The summed E-state index contributed by atoms with van der Waals surface area (Å²) < 4.78 is 5.34. The molecule has 2 unspecified atom stereocenters. The minimum atomic E-state index is -0.166. The van der Waals surface area contributed by atoms with Crippen LogP contribution in [0.25, 0.3) is 0 Å². The second-order valence-corrected chi connectivity index (χ2v) is 4.51. The SMILES string of the molecule is CC(C)NC(=O)C(C)N1CCOC(CO)C1. The molecule has 1 rings (SSSR count). The number of carbonyl (C=O) groups excluding carboxylic acids is 1. The highest BCUT2D eigenvalue weighted by Crippen LogP contribution is 2.09. The molecule has 1 heterocycles. The molecule has 0 radical (unpaired) electrons. The number of carbonyl (C=O) groups is 1. The zero-order valence-electron chi connectivity index (χ0n) is 10.3. The number of nitrogens with one attached hydrogen (secondary N) is 1. The summed E-state index contributed by atoms with van der Waals surface area (Å²) in [7, 11) is 0. The Labute approximate surface area is 96.8 Å². The summed E-state index contributed by atoms with van der Waals surface area (Å²) >= 11 is 0. The van der Waals surface area contributed by atoms with E-state index in [-0.39, 0.29) is 30.7 Å². The highest BCUT2D eigenvalue weighted by molar-refractivity contribution is 5.81. The molecule has 1 aliphatic heterocycles. The van der Waals surface area contributed by atoms with Crippen LogP contribution in [0.4, 0.5) is 0 Å². The molecule has 0 aromatic carbocycles. The Hall–Kier alpha value is -0.650. The molecule has 0 aromatic rings. The lowest BCUT2D eigenvalue weighted by molar-refractivity contribution is -0.130. The molecule has 1 aliphatic rings. The number of nitrogens with zero attached hydrogens (tertiary/aromatic N) is 1. The van der Waals surface area contributed by atoms with Gasteiger partial charge in [0.2, 0.25) is 5.91 Å². The lowest BCUT2D eigenvalue weighted by Gasteiger charge is -2.35. The summed E-state index contributed by atoms with van der Waals surface area (Å²) in [4.78, 5) is 13.8. The maximum Gasteiger partial charge on any atom is 0.237 e. The molecule has 0 spiro atoms. The van der Waals surface area contributed by atoms with Gasteiger partial charge in [-0.1, -0.05) is 0 Å².